The van der Waals surface area contributed by atoms with Gasteiger partial charge in [0.05, 0.1) is 6.61 Å². The molecular weight excluding hydrogens is 675 g/mol. The van der Waals surface area contributed by atoms with Crippen molar-refractivity contribution in [1.29, 1.82) is 0 Å². The van der Waals surface area contributed by atoms with Crippen LogP contribution in [0.4, 0.5) is 0 Å². The topological polar surface area (TPSA) is 119 Å². The van der Waals surface area contributed by atoms with Gasteiger partial charge in [-0.25, -0.2) is 4.57 Å². The molecule has 0 aliphatic carbocycles. The minimum atomic E-state index is -4.76. The van der Waals surface area contributed by atoms with E-state index in [0.29, 0.717) is 12.8 Å². The first-order valence-corrected chi connectivity index (χ1v) is 22.8. The lowest BCUT2D eigenvalue weighted by Crippen LogP contribution is -2.29. The molecule has 1 atom stereocenters. The van der Waals surface area contributed by atoms with E-state index in [9.17, 15) is 14.2 Å². The predicted octanol–water partition coefficient (Wildman–Crippen LogP) is 13.0. The smallest absolute Gasteiger partial charge is 0.462 e. The Bertz CT molecular complexity index is 941. The summed E-state index contributed by atoms with van der Waals surface area (Å²) in [6, 6.07) is 0. The number of ether oxygens (including phenoxy) is 2. The van der Waals surface area contributed by atoms with Gasteiger partial charge in [0.25, 0.3) is 0 Å². The van der Waals surface area contributed by atoms with Gasteiger partial charge >= 0.3 is 19.8 Å². The van der Waals surface area contributed by atoms with Crippen molar-refractivity contribution in [3.63, 3.8) is 0 Å². The summed E-state index contributed by atoms with van der Waals surface area (Å²) in [6.07, 6.45) is 45.8. The van der Waals surface area contributed by atoms with Crippen LogP contribution in [0.25, 0.3) is 0 Å². The maximum absolute atomic E-state index is 12.4. The van der Waals surface area contributed by atoms with E-state index in [4.69, 9.17) is 19.3 Å². The third kappa shape index (κ3) is 41.0. The van der Waals surface area contributed by atoms with E-state index in [1.165, 1.54) is 109 Å². The Hall–Kier alpha value is -1.73. The Morgan fingerprint density at radius 3 is 1.33 bits per heavy atom. The van der Waals surface area contributed by atoms with Crippen LogP contribution in [0.2, 0.25) is 0 Å². The monoisotopic (exact) mass is 755 g/mol. The molecule has 8 nitrogen and oxygen atoms in total. The van der Waals surface area contributed by atoms with Gasteiger partial charge in [0.15, 0.2) is 6.10 Å². The van der Waals surface area contributed by atoms with Gasteiger partial charge in [-0.1, -0.05) is 159 Å². The van der Waals surface area contributed by atoms with E-state index in [2.05, 4.69) is 54.8 Å². The maximum Gasteiger partial charge on any atom is 0.469 e. The molecule has 0 aliphatic rings. The van der Waals surface area contributed by atoms with Gasteiger partial charge in [-0.05, 0) is 70.6 Å². The van der Waals surface area contributed by atoms with Crippen LogP contribution in [0, 0.1) is 0 Å². The van der Waals surface area contributed by atoms with E-state index in [0.717, 1.165) is 57.8 Å². The molecule has 52 heavy (non-hydrogen) atoms. The van der Waals surface area contributed by atoms with Crippen molar-refractivity contribution in [2.75, 3.05) is 13.2 Å². The second kappa shape index (κ2) is 39.0. The summed E-state index contributed by atoms with van der Waals surface area (Å²) in [5.41, 5.74) is 0. The quantitative estimate of drug-likeness (QED) is 0.0275. The summed E-state index contributed by atoms with van der Waals surface area (Å²) in [5.74, 6) is -0.899. The average Bonchev–Trinajstić information content (AvgIpc) is 3.11. The lowest BCUT2D eigenvalue weighted by atomic mass is 10.1. The highest BCUT2D eigenvalue weighted by Gasteiger charge is 2.22. The standard InChI is InChI=1S/C43H79O8P/c1-3-5-7-9-11-13-15-17-19-20-21-22-24-26-28-30-32-34-36-38-43(45)51-41(40-50-52(46,47)48)39-49-42(44)37-35-33-31-29-27-25-23-18-16-14-12-10-8-6-4-2/h12,14,17-19,23,41H,3-11,13,15-16,20-22,24-40H2,1-2H3,(H2,46,47,48)/b14-12-,19-17-,23-18-/t41-/m1/s1. The van der Waals surface area contributed by atoms with Crippen LogP contribution < -0.4 is 0 Å². The number of carbonyl (C=O) groups is 2. The fourth-order valence-corrected chi connectivity index (χ4v) is 6.29. The SMILES string of the molecule is CCCCC/C=C\C/C=C\CCCCCCCC(=O)OC[C@H](COP(=O)(O)O)OC(=O)CCCCCCCCCCC/C=C\CCCCCCCC. The Kier molecular flexibility index (Phi) is 37.7. The van der Waals surface area contributed by atoms with Crippen molar-refractivity contribution < 1.29 is 37.9 Å². The first-order chi connectivity index (χ1) is 25.3. The molecule has 0 heterocycles. The summed E-state index contributed by atoms with van der Waals surface area (Å²) in [6.45, 7) is 3.65. The number of hydrogen-bond donors (Lipinski definition) is 2. The normalized spacial score (nSPS) is 12.8. The maximum atomic E-state index is 12.4. The van der Waals surface area contributed by atoms with Gasteiger partial charge in [0.2, 0.25) is 0 Å². The van der Waals surface area contributed by atoms with Gasteiger partial charge in [-0.15, -0.1) is 0 Å². The number of phosphoric ester groups is 1. The molecule has 0 amide bonds. The molecule has 0 saturated carbocycles. The number of phosphoric acid groups is 1. The largest absolute Gasteiger partial charge is 0.469 e. The fourth-order valence-electron chi connectivity index (χ4n) is 5.93. The highest BCUT2D eigenvalue weighted by molar-refractivity contribution is 7.46. The molecule has 304 valence electrons. The first kappa shape index (κ1) is 50.3. The number of rotatable bonds is 39. The van der Waals surface area contributed by atoms with Gasteiger partial charge in [0, 0.05) is 12.8 Å². The molecule has 0 spiro atoms. The van der Waals surface area contributed by atoms with Crippen molar-refractivity contribution in [3.8, 4) is 0 Å². The van der Waals surface area contributed by atoms with Gasteiger partial charge in [-0.2, -0.15) is 0 Å². The molecule has 0 aromatic carbocycles. The molecule has 0 aromatic rings. The number of hydrogen-bond acceptors (Lipinski definition) is 6. The molecular formula is C43H79O8P. The van der Waals surface area contributed by atoms with E-state index in [1.807, 2.05) is 0 Å². The van der Waals surface area contributed by atoms with Crippen LogP contribution in [0.1, 0.15) is 206 Å². The zero-order valence-electron chi connectivity index (χ0n) is 33.5. The lowest BCUT2D eigenvalue weighted by molar-refractivity contribution is -0.161. The van der Waals surface area contributed by atoms with Gasteiger partial charge in [0.1, 0.15) is 6.61 Å². The molecule has 0 radical (unpaired) electrons. The molecule has 0 rings (SSSR count). The molecule has 0 bridgehead atoms. The molecule has 2 N–H and O–H groups in total. The fraction of sp³-hybridized carbons (Fsp3) is 0.814. The molecule has 0 fully saturated rings. The van der Waals surface area contributed by atoms with Crippen LogP contribution in [0.15, 0.2) is 36.5 Å². The summed E-state index contributed by atoms with van der Waals surface area (Å²) in [5, 5.41) is 0. The number of unbranched alkanes of at least 4 members (excludes halogenated alkanes) is 23. The number of carbonyl (C=O) groups excluding carboxylic acids is 2. The zero-order valence-corrected chi connectivity index (χ0v) is 34.4. The van der Waals surface area contributed by atoms with Crippen molar-refractivity contribution in [3.05, 3.63) is 36.5 Å². The highest BCUT2D eigenvalue weighted by Crippen LogP contribution is 2.36. The van der Waals surface area contributed by atoms with Crippen LogP contribution in [0.5, 0.6) is 0 Å². The average molecular weight is 755 g/mol. The highest BCUT2D eigenvalue weighted by atomic mass is 31.2. The second-order valence-corrected chi connectivity index (χ2v) is 15.5. The van der Waals surface area contributed by atoms with Crippen molar-refractivity contribution in [2.45, 2.75) is 213 Å². The van der Waals surface area contributed by atoms with Crippen LogP contribution in [0.3, 0.4) is 0 Å². The summed E-state index contributed by atoms with van der Waals surface area (Å²) < 4.78 is 26.4. The second-order valence-electron chi connectivity index (χ2n) is 14.3. The number of esters is 2. The minimum absolute atomic E-state index is 0.207. The molecule has 0 saturated heterocycles. The van der Waals surface area contributed by atoms with E-state index in [-0.39, 0.29) is 19.4 Å². The van der Waals surface area contributed by atoms with Gasteiger partial charge in [-0.3, -0.25) is 14.1 Å². The van der Waals surface area contributed by atoms with E-state index in [1.54, 1.807) is 0 Å². The lowest BCUT2D eigenvalue weighted by Gasteiger charge is -2.18. The summed E-state index contributed by atoms with van der Waals surface area (Å²) in [7, 11) is -4.76. The third-order valence-corrected chi connectivity index (χ3v) is 9.62. The Morgan fingerprint density at radius 1 is 0.500 bits per heavy atom. The Morgan fingerprint density at radius 2 is 0.865 bits per heavy atom. The van der Waals surface area contributed by atoms with E-state index < -0.39 is 32.5 Å². The summed E-state index contributed by atoms with van der Waals surface area (Å²) in [4.78, 5) is 42.8. The van der Waals surface area contributed by atoms with Crippen molar-refractivity contribution >= 4 is 19.8 Å². The molecule has 9 heteroatoms. The zero-order chi connectivity index (χ0) is 38.2. The third-order valence-electron chi connectivity index (χ3n) is 9.13. The molecule has 0 aromatic heterocycles. The Balaban J connectivity index is 3.92. The van der Waals surface area contributed by atoms with E-state index >= 15 is 0 Å². The van der Waals surface area contributed by atoms with Crippen LogP contribution in [-0.2, 0) is 28.2 Å². The van der Waals surface area contributed by atoms with Crippen LogP contribution >= 0.6 is 7.82 Å². The Labute approximate surface area is 319 Å². The first-order valence-electron chi connectivity index (χ1n) is 21.3. The van der Waals surface area contributed by atoms with Crippen molar-refractivity contribution in [2.24, 2.45) is 0 Å². The summed E-state index contributed by atoms with van der Waals surface area (Å²) >= 11 is 0. The van der Waals surface area contributed by atoms with Crippen molar-refractivity contribution in [1.82, 2.24) is 0 Å². The van der Waals surface area contributed by atoms with Crippen LogP contribution in [-0.4, -0.2) is 41.0 Å². The predicted molar refractivity (Wildman–Crippen MR) is 216 cm³/mol. The number of allylic oxidation sites excluding steroid dienone is 6. The minimum Gasteiger partial charge on any atom is -0.462 e. The molecule has 0 aliphatic heterocycles. The molecule has 0 unspecified atom stereocenters. The van der Waals surface area contributed by atoms with Gasteiger partial charge < -0.3 is 19.3 Å².